The van der Waals surface area contributed by atoms with E-state index in [2.05, 4.69) is 9.80 Å². The predicted molar refractivity (Wildman–Crippen MR) is 65.5 cm³/mol. The number of hydrogen-bond donors (Lipinski definition) is 2. The molecule has 0 bridgehead atoms. The molecule has 0 aromatic rings. The Bertz CT molecular complexity index is 184. The first-order chi connectivity index (χ1) is 7.51. The summed E-state index contributed by atoms with van der Waals surface area (Å²) in [5.41, 5.74) is -0.584. The molecule has 1 heterocycles. The van der Waals surface area contributed by atoms with Crippen molar-refractivity contribution in [2.24, 2.45) is 0 Å². The molecule has 0 radical (unpaired) electrons. The number of nitrogens with zero attached hydrogens (tertiary/aromatic N) is 2. The van der Waals surface area contributed by atoms with Crippen LogP contribution in [0.15, 0.2) is 0 Å². The first kappa shape index (κ1) is 13.9. The Morgan fingerprint density at radius 2 is 1.56 bits per heavy atom. The van der Waals surface area contributed by atoms with Crippen molar-refractivity contribution in [3.63, 3.8) is 0 Å². The summed E-state index contributed by atoms with van der Waals surface area (Å²) in [6.07, 6.45) is 1.99. The Kier molecular flexibility index (Phi) is 5.69. The predicted octanol–water partition coefficient (Wildman–Crippen LogP) is 0.147. The topological polar surface area (TPSA) is 46.9 Å². The van der Waals surface area contributed by atoms with E-state index in [1.54, 1.807) is 0 Å². The van der Waals surface area contributed by atoms with Crippen molar-refractivity contribution in [1.82, 2.24) is 9.80 Å². The van der Waals surface area contributed by atoms with Gasteiger partial charge in [-0.1, -0.05) is 0 Å². The number of unbranched alkanes of at least 4 members (excludes halogenated alkanes) is 1. The van der Waals surface area contributed by atoms with Gasteiger partial charge in [-0.25, -0.2) is 0 Å². The lowest BCUT2D eigenvalue weighted by atomic mass is 10.1. The van der Waals surface area contributed by atoms with Crippen molar-refractivity contribution in [2.75, 3.05) is 45.9 Å². The Morgan fingerprint density at radius 1 is 1.00 bits per heavy atom. The monoisotopic (exact) mass is 230 g/mol. The van der Waals surface area contributed by atoms with Crippen LogP contribution in [0.4, 0.5) is 0 Å². The van der Waals surface area contributed by atoms with E-state index in [0.29, 0.717) is 6.61 Å². The second kappa shape index (κ2) is 6.55. The van der Waals surface area contributed by atoms with Crippen LogP contribution in [0, 0.1) is 0 Å². The van der Waals surface area contributed by atoms with E-state index in [-0.39, 0.29) is 0 Å². The minimum absolute atomic E-state index is 0.304. The van der Waals surface area contributed by atoms with Crippen LogP contribution in [0.25, 0.3) is 0 Å². The van der Waals surface area contributed by atoms with Crippen molar-refractivity contribution in [3.05, 3.63) is 0 Å². The maximum Gasteiger partial charge on any atom is 0.0718 e. The molecule has 4 nitrogen and oxygen atoms in total. The van der Waals surface area contributed by atoms with Gasteiger partial charge >= 0.3 is 0 Å². The molecule has 0 aliphatic carbocycles. The van der Waals surface area contributed by atoms with E-state index in [1.165, 1.54) is 0 Å². The van der Waals surface area contributed by atoms with E-state index in [1.807, 2.05) is 13.8 Å². The van der Waals surface area contributed by atoms with E-state index < -0.39 is 5.60 Å². The zero-order chi connectivity index (χ0) is 12.0. The molecule has 1 saturated heterocycles. The smallest absolute Gasteiger partial charge is 0.0718 e. The van der Waals surface area contributed by atoms with Gasteiger partial charge in [-0.2, -0.15) is 0 Å². The zero-order valence-electron chi connectivity index (χ0n) is 10.7. The Balaban J connectivity index is 2.13. The Labute approximate surface area is 98.9 Å². The molecule has 0 saturated carbocycles. The van der Waals surface area contributed by atoms with Gasteiger partial charge < -0.3 is 15.1 Å². The van der Waals surface area contributed by atoms with E-state index in [4.69, 9.17) is 5.11 Å². The van der Waals surface area contributed by atoms with Crippen molar-refractivity contribution < 1.29 is 10.2 Å². The minimum Gasteiger partial charge on any atom is -0.396 e. The molecule has 0 unspecified atom stereocenters. The highest BCUT2D eigenvalue weighted by atomic mass is 16.3. The van der Waals surface area contributed by atoms with Crippen molar-refractivity contribution >= 4 is 0 Å². The number of rotatable bonds is 6. The first-order valence-corrected chi connectivity index (χ1v) is 6.29. The fourth-order valence-electron chi connectivity index (χ4n) is 2.17. The second-order valence-corrected chi connectivity index (χ2v) is 5.36. The average Bonchev–Trinajstić information content (AvgIpc) is 2.19. The molecule has 0 aromatic heterocycles. The molecule has 2 N–H and O–H groups in total. The summed E-state index contributed by atoms with van der Waals surface area (Å²) in [4.78, 5) is 4.76. The fourth-order valence-corrected chi connectivity index (χ4v) is 2.17. The molecular weight excluding hydrogens is 204 g/mol. The third kappa shape index (κ3) is 5.80. The highest BCUT2D eigenvalue weighted by Crippen LogP contribution is 2.09. The van der Waals surface area contributed by atoms with Crippen molar-refractivity contribution in [2.45, 2.75) is 32.3 Å². The Hall–Kier alpha value is -0.160. The summed E-state index contributed by atoms with van der Waals surface area (Å²) in [5, 5.41) is 18.4. The standard InChI is InChI=1S/C12H26N2O2/c1-12(2,16)11-14-8-6-13(7-9-14)5-3-4-10-15/h15-16H,3-11H2,1-2H3. The molecule has 1 aliphatic heterocycles. The van der Waals surface area contributed by atoms with Gasteiger partial charge in [-0.3, -0.25) is 4.90 Å². The number of hydrogen-bond acceptors (Lipinski definition) is 4. The largest absolute Gasteiger partial charge is 0.396 e. The highest BCUT2D eigenvalue weighted by Gasteiger charge is 2.22. The SMILES string of the molecule is CC(C)(O)CN1CCN(CCCCO)CC1. The van der Waals surface area contributed by atoms with Crippen molar-refractivity contribution in [1.29, 1.82) is 0 Å². The lowest BCUT2D eigenvalue weighted by molar-refractivity contribution is 0.0175. The van der Waals surface area contributed by atoms with Gasteiger partial charge in [-0.15, -0.1) is 0 Å². The summed E-state index contributed by atoms with van der Waals surface area (Å²) in [7, 11) is 0. The summed E-state index contributed by atoms with van der Waals surface area (Å²) in [6.45, 7) is 10.1. The van der Waals surface area contributed by atoms with Crippen LogP contribution < -0.4 is 0 Å². The van der Waals surface area contributed by atoms with Gasteiger partial charge in [0.1, 0.15) is 0 Å². The van der Waals surface area contributed by atoms with Crippen LogP contribution in [0.1, 0.15) is 26.7 Å². The molecule has 1 fully saturated rings. The average molecular weight is 230 g/mol. The van der Waals surface area contributed by atoms with Crippen LogP contribution in [-0.2, 0) is 0 Å². The molecule has 1 aliphatic rings. The summed E-state index contributed by atoms with van der Waals surface area (Å²) in [5.74, 6) is 0. The van der Waals surface area contributed by atoms with Gasteiger partial charge in [-0.05, 0) is 33.2 Å². The molecule has 16 heavy (non-hydrogen) atoms. The molecule has 0 aromatic carbocycles. The van der Waals surface area contributed by atoms with E-state index >= 15 is 0 Å². The molecule has 1 rings (SSSR count). The summed E-state index contributed by atoms with van der Waals surface area (Å²) >= 11 is 0. The van der Waals surface area contributed by atoms with Crippen LogP contribution in [0.2, 0.25) is 0 Å². The van der Waals surface area contributed by atoms with Crippen LogP contribution in [0.3, 0.4) is 0 Å². The zero-order valence-corrected chi connectivity index (χ0v) is 10.7. The van der Waals surface area contributed by atoms with Gasteiger partial charge in [0, 0.05) is 39.3 Å². The third-order valence-corrected chi connectivity index (χ3v) is 2.96. The summed E-state index contributed by atoms with van der Waals surface area (Å²) in [6, 6.07) is 0. The molecule has 0 spiro atoms. The van der Waals surface area contributed by atoms with E-state index in [0.717, 1.165) is 52.1 Å². The Morgan fingerprint density at radius 3 is 2.06 bits per heavy atom. The highest BCUT2D eigenvalue weighted by molar-refractivity contribution is 4.77. The minimum atomic E-state index is -0.584. The summed E-state index contributed by atoms with van der Waals surface area (Å²) < 4.78 is 0. The van der Waals surface area contributed by atoms with E-state index in [9.17, 15) is 5.11 Å². The quantitative estimate of drug-likeness (QED) is 0.638. The number of aliphatic hydroxyl groups excluding tert-OH is 1. The number of aliphatic hydroxyl groups is 2. The first-order valence-electron chi connectivity index (χ1n) is 6.29. The lowest BCUT2D eigenvalue weighted by Crippen LogP contribution is -2.50. The van der Waals surface area contributed by atoms with Gasteiger partial charge in [0.15, 0.2) is 0 Å². The maximum atomic E-state index is 9.73. The van der Waals surface area contributed by atoms with Crippen LogP contribution in [0.5, 0.6) is 0 Å². The normalized spacial score (nSPS) is 20.2. The number of β-amino-alcohol motifs (C(OH)–C–C–N with tert-alkyl or cyclic N) is 1. The molecule has 0 amide bonds. The maximum absolute atomic E-state index is 9.73. The molecule has 4 heteroatoms. The second-order valence-electron chi connectivity index (χ2n) is 5.36. The lowest BCUT2D eigenvalue weighted by Gasteiger charge is -2.37. The third-order valence-electron chi connectivity index (χ3n) is 2.96. The number of piperazine rings is 1. The van der Waals surface area contributed by atoms with Crippen molar-refractivity contribution in [3.8, 4) is 0 Å². The molecular formula is C12H26N2O2. The van der Waals surface area contributed by atoms with Gasteiger partial charge in [0.05, 0.1) is 5.60 Å². The van der Waals surface area contributed by atoms with Gasteiger partial charge in [0.25, 0.3) is 0 Å². The molecule has 96 valence electrons. The van der Waals surface area contributed by atoms with Gasteiger partial charge in [0.2, 0.25) is 0 Å². The fraction of sp³-hybridized carbons (Fsp3) is 1.00. The molecule has 0 atom stereocenters. The van der Waals surface area contributed by atoms with Crippen LogP contribution in [-0.4, -0.2) is 71.5 Å². The van der Waals surface area contributed by atoms with Crippen LogP contribution >= 0.6 is 0 Å².